The Bertz CT molecular complexity index is 1200. The third-order valence-electron chi connectivity index (χ3n) is 5.74. The number of amides is 2. The molecule has 0 saturated carbocycles. The van der Waals surface area contributed by atoms with Gasteiger partial charge in [0.1, 0.15) is 17.2 Å². The van der Waals surface area contributed by atoms with Crippen LogP contribution in [0.15, 0.2) is 47.4 Å². The van der Waals surface area contributed by atoms with Crippen molar-refractivity contribution in [2.75, 3.05) is 38.7 Å². The van der Waals surface area contributed by atoms with E-state index in [-0.39, 0.29) is 28.7 Å². The first kappa shape index (κ1) is 25.3. The number of benzene rings is 2. The van der Waals surface area contributed by atoms with Crippen LogP contribution in [-0.2, 0) is 14.8 Å². The molecule has 1 fully saturated rings. The second-order valence-electron chi connectivity index (χ2n) is 7.94. The quantitative estimate of drug-likeness (QED) is 0.611. The van der Waals surface area contributed by atoms with Gasteiger partial charge in [-0.05, 0) is 49.2 Å². The number of nitrogens with one attached hydrogen (secondary N) is 1. The molecule has 0 bridgehead atoms. The molecule has 1 aliphatic heterocycles. The topological polar surface area (TPSA) is 96.0 Å². The molecular formula is C25H29N3O5S. The molecule has 0 atom stereocenters. The van der Waals surface area contributed by atoms with Gasteiger partial charge in [0.05, 0.1) is 7.11 Å². The van der Waals surface area contributed by atoms with Gasteiger partial charge in [-0.1, -0.05) is 24.8 Å². The minimum absolute atomic E-state index is 0.0694. The molecule has 0 unspecified atom stereocenters. The van der Waals surface area contributed by atoms with Gasteiger partial charge in [-0.2, -0.15) is 4.31 Å². The summed E-state index contributed by atoms with van der Waals surface area (Å²) in [6, 6.07) is 11.0. The summed E-state index contributed by atoms with van der Waals surface area (Å²) < 4.78 is 33.7. The number of anilines is 1. The fourth-order valence-electron chi connectivity index (χ4n) is 3.85. The van der Waals surface area contributed by atoms with Crippen LogP contribution in [0.5, 0.6) is 5.75 Å². The van der Waals surface area contributed by atoms with Crippen molar-refractivity contribution in [2.45, 2.75) is 30.6 Å². The van der Waals surface area contributed by atoms with Crippen molar-refractivity contribution in [3.05, 3.63) is 53.6 Å². The Kier molecular flexibility index (Phi) is 8.31. The number of sulfonamides is 1. The zero-order valence-electron chi connectivity index (χ0n) is 19.4. The minimum Gasteiger partial charge on any atom is -0.495 e. The zero-order chi connectivity index (χ0) is 24.7. The van der Waals surface area contributed by atoms with Crippen LogP contribution in [0.4, 0.5) is 5.69 Å². The Morgan fingerprint density at radius 2 is 1.82 bits per heavy atom. The molecule has 0 radical (unpaired) electrons. The van der Waals surface area contributed by atoms with Gasteiger partial charge in [-0.25, -0.2) is 8.42 Å². The van der Waals surface area contributed by atoms with E-state index >= 15 is 0 Å². The zero-order valence-corrected chi connectivity index (χ0v) is 20.2. The molecule has 34 heavy (non-hydrogen) atoms. The van der Waals surface area contributed by atoms with Gasteiger partial charge in [0, 0.05) is 37.0 Å². The van der Waals surface area contributed by atoms with Crippen LogP contribution in [0.25, 0.3) is 0 Å². The van der Waals surface area contributed by atoms with Gasteiger partial charge < -0.3 is 10.1 Å². The first-order chi connectivity index (χ1) is 16.3. The number of carbonyl (C=O) groups is 2. The number of nitrogens with zero attached hydrogens (tertiary/aromatic N) is 2. The number of hydrogen-bond acceptors (Lipinski definition) is 5. The first-order valence-electron chi connectivity index (χ1n) is 11.1. The van der Waals surface area contributed by atoms with Crippen LogP contribution in [-0.4, -0.2) is 58.3 Å². The molecule has 8 nitrogen and oxygen atoms in total. The van der Waals surface area contributed by atoms with E-state index in [4.69, 9.17) is 11.2 Å². The molecule has 1 N–H and O–H groups in total. The van der Waals surface area contributed by atoms with E-state index in [0.717, 1.165) is 25.7 Å². The molecular weight excluding hydrogens is 454 g/mol. The normalized spacial score (nSPS) is 14.5. The van der Waals surface area contributed by atoms with E-state index in [1.807, 2.05) is 0 Å². The average molecular weight is 484 g/mol. The minimum atomic E-state index is -3.88. The Balaban J connectivity index is 2.05. The molecule has 2 aromatic carbocycles. The first-order valence-corrected chi connectivity index (χ1v) is 12.5. The molecule has 0 aromatic heterocycles. The van der Waals surface area contributed by atoms with Crippen LogP contribution < -0.4 is 15.0 Å². The summed E-state index contributed by atoms with van der Waals surface area (Å²) in [5, 5.41) is 2.51. The lowest BCUT2D eigenvalue weighted by molar-refractivity contribution is -0.119. The number of likely N-dealkylation sites (N-methyl/N-ethyl adjacent to an activating group) is 1. The van der Waals surface area contributed by atoms with Crippen molar-refractivity contribution in [1.29, 1.82) is 0 Å². The van der Waals surface area contributed by atoms with Gasteiger partial charge in [-0.15, -0.1) is 6.42 Å². The smallest absolute Gasteiger partial charge is 0.258 e. The molecule has 2 aromatic rings. The van der Waals surface area contributed by atoms with Crippen LogP contribution in [0.1, 0.15) is 41.6 Å². The third-order valence-corrected chi connectivity index (χ3v) is 7.66. The standard InChI is InChI=1S/C25H29N3O5S/c1-4-19-10-9-11-21(16-19)28(18-24(29)26-2)25(30)20-12-13-22(33-3)23(17-20)34(31,32)27-14-7-5-6-8-15-27/h1,9-13,16-17H,5-8,14-15,18H2,2-3H3,(H,26,29). The summed E-state index contributed by atoms with van der Waals surface area (Å²) in [6.07, 6.45) is 9.02. The van der Waals surface area contributed by atoms with Gasteiger partial charge in [0.15, 0.2) is 0 Å². The van der Waals surface area contributed by atoms with Crippen molar-refractivity contribution < 1.29 is 22.7 Å². The van der Waals surface area contributed by atoms with Crippen LogP contribution in [0.2, 0.25) is 0 Å². The van der Waals surface area contributed by atoms with Crippen molar-refractivity contribution >= 4 is 27.5 Å². The van der Waals surface area contributed by atoms with Gasteiger partial charge in [0.25, 0.3) is 5.91 Å². The molecule has 2 amide bonds. The molecule has 1 heterocycles. The largest absolute Gasteiger partial charge is 0.495 e. The SMILES string of the molecule is C#Cc1cccc(N(CC(=O)NC)C(=O)c2ccc(OC)c(S(=O)(=O)N3CCCCCC3)c2)c1. The van der Waals surface area contributed by atoms with Crippen molar-refractivity contribution in [1.82, 2.24) is 9.62 Å². The highest BCUT2D eigenvalue weighted by Gasteiger charge is 2.30. The van der Waals surface area contributed by atoms with Crippen molar-refractivity contribution in [2.24, 2.45) is 0 Å². The summed E-state index contributed by atoms with van der Waals surface area (Å²) >= 11 is 0. The molecule has 0 aliphatic carbocycles. The molecule has 0 spiro atoms. The van der Waals surface area contributed by atoms with E-state index in [2.05, 4.69) is 11.2 Å². The monoisotopic (exact) mass is 483 g/mol. The predicted molar refractivity (Wildman–Crippen MR) is 130 cm³/mol. The summed E-state index contributed by atoms with van der Waals surface area (Å²) in [6.45, 7) is 0.584. The second-order valence-corrected chi connectivity index (χ2v) is 9.85. The van der Waals surface area contributed by atoms with E-state index in [1.54, 1.807) is 24.3 Å². The van der Waals surface area contributed by atoms with E-state index < -0.39 is 15.9 Å². The highest BCUT2D eigenvalue weighted by atomic mass is 32.2. The van der Waals surface area contributed by atoms with E-state index in [0.29, 0.717) is 24.3 Å². The van der Waals surface area contributed by atoms with Crippen molar-refractivity contribution in [3.8, 4) is 18.1 Å². The average Bonchev–Trinajstić information content (AvgIpc) is 3.16. The Labute approximate surface area is 200 Å². The lowest BCUT2D eigenvalue weighted by Crippen LogP contribution is -2.40. The number of rotatable bonds is 7. The summed E-state index contributed by atoms with van der Waals surface area (Å²) in [7, 11) is -1.02. The fraction of sp³-hybridized carbons (Fsp3) is 0.360. The third kappa shape index (κ3) is 5.58. The summed E-state index contributed by atoms with van der Waals surface area (Å²) in [4.78, 5) is 26.9. The van der Waals surface area contributed by atoms with Gasteiger partial charge in [0.2, 0.25) is 15.9 Å². The summed E-state index contributed by atoms with van der Waals surface area (Å²) in [5.41, 5.74) is 1.09. The van der Waals surface area contributed by atoms with E-state index in [9.17, 15) is 18.0 Å². The molecule has 180 valence electrons. The Morgan fingerprint density at radius 1 is 1.12 bits per heavy atom. The molecule has 9 heteroatoms. The number of hydrogen-bond donors (Lipinski definition) is 1. The predicted octanol–water partition coefficient (Wildman–Crippen LogP) is 2.63. The van der Waals surface area contributed by atoms with Gasteiger partial charge >= 0.3 is 0 Å². The lowest BCUT2D eigenvalue weighted by Gasteiger charge is -2.24. The Hall–Kier alpha value is -3.35. The molecule has 1 saturated heterocycles. The molecule has 3 rings (SSSR count). The van der Waals surface area contributed by atoms with Crippen LogP contribution in [0.3, 0.4) is 0 Å². The molecule has 1 aliphatic rings. The number of carbonyl (C=O) groups excluding carboxylic acids is 2. The highest BCUT2D eigenvalue weighted by molar-refractivity contribution is 7.89. The maximum absolute atomic E-state index is 13.6. The highest BCUT2D eigenvalue weighted by Crippen LogP contribution is 2.30. The number of terminal acetylenes is 1. The van der Waals surface area contributed by atoms with E-state index in [1.165, 1.54) is 41.6 Å². The maximum atomic E-state index is 13.6. The summed E-state index contributed by atoms with van der Waals surface area (Å²) in [5.74, 6) is 1.76. The lowest BCUT2D eigenvalue weighted by atomic mass is 10.1. The second kappa shape index (κ2) is 11.2. The fourth-order valence-corrected chi connectivity index (χ4v) is 5.55. The van der Waals surface area contributed by atoms with Gasteiger partial charge in [-0.3, -0.25) is 14.5 Å². The maximum Gasteiger partial charge on any atom is 0.258 e. The van der Waals surface area contributed by atoms with Crippen LogP contribution >= 0.6 is 0 Å². The number of ether oxygens (including phenoxy) is 1. The number of methoxy groups -OCH3 is 1. The van der Waals surface area contributed by atoms with Crippen LogP contribution in [0, 0.1) is 12.3 Å². The van der Waals surface area contributed by atoms with Crippen molar-refractivity contribution in [3.63, 3.8) is 0 Å². The Morgan fingerprint density at radius 3 is 2.44 bits per heavy atom.